The Morgan fingerprint density at radius 3 is 2.61 bits per heavy atom. The molecule has 2 aliphatic rings. The van der Waals surface area contributed by atoms with E-state index in [9.17, 15) is 0 Å². The molecular formula is C24H30N4. The maximum Gasteiger partial charge on any atom is 0.130 e. The molecule has 1 aliphatic carbocycles. The number of aryl methyl sites for hydroxylation is 1. The van der Waals surface area contributed by atoms with Crippen LogP contribution >= 0.6 is 0 Å². The normalized spacial score (nSPS) is 16.9. The number of nitrogens with one attached hydrogen (secondary N) is 2. The molecule has 1 fully saturated rings. The van der Waals surface area contributed by atoms with Crippen LogP contribution in [0.3, 0.4) is 0 Å². The molecule has 0 atom stereocenters. The largest absolute Gasteiger partial charge is 0.387 e. The van der Waals surface area contributed by atoms with Crippen molar-refractivity contribution in [1.82, 2.24) is 15.2 Å². The molecule has 3 rings (SSSR count). The van der Waals surface area contributed by atoms with Gasteiger partial charge in [-0.2, -0.15) is 0 Å². The number of pyridine rings is 1. The van der Waals surface area contributed by atoms with Crippen LogP contribution in [0, 0.1) is 6.92 Å². The highest BCUT2D eigenvalue weighted by Crippen LogP contribution is 2.34. The van der Waals surface area contributed by atoms with Gasteiger partial charge in [0.15, 0.2) is 0 Å². The van der Waals surface area contributed by atoms with Gasteiger partial charge in [-0.25, -0.2) is 4.98 Å². The highest BCUT2D eigenvalue weighted by Gasteiger charge is 2.21. The number of anilines is 1. The number of likely N-dealkylation sites (N-methyl/N-ethyl adjacent to an activating group) is 1. The fourth-order valence-corrected chi connectivity index (χ4v) is 3.65. The second kappa shape index (κ2) is 8.79. The third-order valence-corrected chi connectivity index (χ3v) is 5.17. The quantitative estimate of drug-likeness (QED) is 0.642. The van der Waals surface area contributed by atoms with Crippen molar-refractivity contribution < 1.29 is 0 Å². The van der Waals surface area contributed by atoms with Gasteiger partial charge in [-0.15, -0.1) is 0 Å². The molecule has 0 aromatic carbocycles. The van der Waals surface area contributed by atoms with Gasteiger partial charge in [0.05, 0.1) is 11.4 Å². The Hall–Kier alpha value is -3.01. The number of allylic oxidation sites excluding steroid dienone is 4. The smallest absolute Gasteiger partial charge is 0.130 e. The van der Waals surface area contributed by atoms with Crippen molar-refractivity contribution in [1.29, 1.82) is 0 Å². The van der Waals surface area contributed by atoms with E-state index < -0.39 is 0 Å². The van der Waals surface area contributed by atoms with Gasteiger partial charge >= 0.3 is 0 Å². The predicted octanol–water partition coefficient (Wildman–Crippen LogP) is 5.54. The van der Waals surface area contributed by atoms with Crippen molar-refractivity contribution in [3.8, 4) is 0 Å². The van der Waals surface area contributed by atoms with Crippen LogP contribution in [0.4, 0.5) is 5.82 Å². The van der Waals surface area contributed by atoms with Crippen LogP contribution in [-0.2, 0) is 0 Å². The van der Waals surface area contributed by atoms with Gasteiger partial charge in [0.1, 0.15) is 5.82 Å². The molecule has 2 heterocycles. The number of aromatic nitrogens is 1. The fraction of sp³-hybridized carbons (Fsp3) is 0.292. The van der Waals surface area contributed by atoms with E-state index in [1.165, 1.54) is 18.4 Å². The standard InChI is InChI=1S/C24H30N4/c1-6-22(19(4)25-5)28-16-21(15-14-18(28)3)24(20-11-7-8-12-20)27-23-13-9-10-17(2)26-23/h6,9-10,13-16,25H,3-4,7-8,11-12H2,1-2,5H3,(H,26,27)/b22-6-. The van der Waals surface area contributed by atoms with Gasteiger partial charge < -0.3 is 15.5 Å². The van der Waals surface area contributed by atoms with Gasteiger partial charge in [0, 0.05) is 35.9 Å². The van der Waals surface area contributed by atoms with Crippen molar-refractivity contribution in [2.24, 2.45) is 0 Å². The number of nitrogens with zero attached hydrogens (tertiary/aromatic N) is 2. The lowest BCUT2D eigenvalue weighted by molar-refractivity contribution is 0.584. The highest BCUT2D eigenvalue weighted by atomic mass is 15.2. The second-order valence-corrected chi connectivity index (χ2v) is 7.16. The molecule has 4 nitrogen and oxygen atoms in total. The summed E-state index contributed by atoms with van der Waals surface area (Å²) in [5, 5.41) is 6.74. The molecule has 146 valence electrons. The number of hydrogen-bond donors (Lipinski definition) is 2. The maximum atomic E-state index is 4.64. The summed E-state index contributed by atoms with van der Waals surface area (Å²) in [5.74, 6) is 0.880. The van der Waals surface area contributed by atoms with Crippen molar-refractivity contribution >= 4 is 5.82 Å². The average molecular weight is 375 g/mol. The topological polar surface area (TPSA) is 40.2 Å². The zero-order chi connectivity index (χ0) is 20.1. The molecule has 4 heteroatoms. The predicted molar refractivity (Wildman–Crippen MR) is 118 cm³/mol. The SMILES string of the molecule is C=C(NC)/C(=C/C)N1C=C(C(Nc2cccc(C)n2)=C2CCCC2)C=CC1=C. The lowest BCUT2D eigenvalue weighted by atomic mass is 10.0. The van der Waals surface area contributed by atoms with Gasteiger partial charge in [0.25, 0.3) is 0 Å². The molecule has 1 aromatic rings. The average Bonchev–Trinajstić information content (AvgIpc) is 3.22. The van der Waals surface area contributed by atoms with Gasteiger partial charge in [-0.1, -0.05) is 25.3 Å². The van der Waals surface area contributed by atoms with Crippen molar-refractivity contribution in [2.75, 3.05) is 12.4 Å². The van der Waals surface area contributed by atoms with Crippen molar-refractivity contribution in [3.63, 3.8) is 0 Å². The summed E-state index contributed by atoms with van der Waals surface area (Å²) in [6, 6.07) is 6.07. The van der Waals surface area contributed by atoms with Crippen LogP contribution in [0.25, 0.3) is 0 Å². The van der Waals surface area contributed by atoms with Crippen molar-refractivity contribution in [3.05, 3.63) is 95.4 Å². The summed E-state index contributed by atoms with van der Waals surface area (Å²) < 4.78 is 0. The molecule has 0 radical (unpaired) electrons. The Bertz CT molecular complexity index is 891. The van der Waals surface area contributed by atoms with E-state index in [1.807, 2.05) is 39.1 Å². The first-order valence-corrected chi connectivity index (χ1v) is 9.88. The molecule has 1 aromatic heterocycles. The van der Waals surface area contributed by atoms with Crippen LogP contribution in [-0.4, -0.2) is 16.9 Å². The number of hydrogen-bond acceptors (Lipinski definition) is 4. The molecule has 0 bridgehead atoms. The van der Waals surface area contributed by atoms with Gasteiger partial charge in [-0.3, -0.25) is 0 Å². The molecule has 1 saturated carbocycles. The molecular weight excluding hydrogens is 344 g/mol. The Kier molecular flexibility index (Phi) is 6.19. The minimum Gasteiger partial charge on any atom is -0.387 e. The van der Waals surface area contributed by atoms with Gasteiger partial charge in [-0.05, 0) is 69.4 Å². The van der Waals surface area contributed by atoms with E-state index in [2.05, 4.69) is 58.1 Å². The van der Waals surface area contributed by atoms with E-state index in [0.29, 0.717) is 0 Å². The van der Waals surface area contributed by atoms with E-state index >= 15 is 0 Å². The first-order valence-electron chi connectivity index (χ1n) is 9.88. The van der Waals surface area contributed by atoms with E-state index in [0.717, 1.165) is 52.7 Å². The Morgan fingerprint density at radius 1 is 1.21 bits per heavy atom. The van der Waals surface area contributed by atoms with Crippen LogP contribution in [0.1, 0.15) is 38.3 Å². The fourth-order valence-electron chi connectivity index (χ4n) is 3.65. The Balaban J connectivity index is 2.01. The summed E-state index contributed by atoms with van der Waals surface area (Å²) in [6.07, 6.45) is 13.1. The zero-order valence-corrected chi connectivity index (χ0v) is 17.2. The summed E-state index contributed by atoms with van der Waals surface area (Å²) in [4.78, 5) is 6.74. The molecule has 0 saturated heterocycles. The molecule has 0 unspecified atom stereocenters. The molecule has 0 spiro atoms. The second-order valence-electron chi connectivity index (χ2n) is 7.16. The zero-order valence-electron chi connectivity index (χ0n) is 17.2. The van der Waals surface area contributed by atoms with E-state index in [1.54, 1.807) is 0 Å². The summed E-state index contributed by atoms with van der Waals surface area (Å²) in [6.45, 7) is 12.4. The van der Waals surface area contributed by atoms with Crippen LogP contribution < -0.4 is 10.6 Å². The Morgan fingerprint density at radius 2 is 1.96 bits per heavy atom. The summed E-state index contributed by atoms with van der Waals surface area (Å²) in [5.41, 5.74) is 7.53. The summed E-state index contributed by atoms with van der Waals surface area (Å²) >= 11 is 0. The minimum atomic E-state index is 0.859. The monoisotopic (exact) mass is 374 g/mol. The van der Waals surface area contributed by atoms with E-state index in [-0.39, 0.29) is 0 Å². The lowest BCUT2D eigenvalue weighted by Crippen LogP contribution is -2.23. The minimum absolute atomic E-state index is 0.859. The third kappa shape index (κ3) is 4.28. The maximum absolute atomic E-state index is 4.64. The van der Waals surface area contributed by atoms with E-state index in [4.69, 9.17) is 0 Å². The van der Waals surface area contributed by atoms with Crippen LogP contribution in [0.5, 0.6) is 0 Å². The molecule has 2 N–H and O–H groups in total. The first-order chi connectivity index (χ1) is 13.5. The van der Waals surface area contributed by atoms with Crippen LogP contribution in [0.15, 0.2) is 89.7 Å². The third-order valence-electron chi connectivity index (χ3n) is 5.17. The van der Waals surface area contributed by atoms with Gasteiger partial charge in [0.2, 0.25) is 0 Å². The Labute approximate surface area is 168 Å². The lowest BCUT2D eigenvalue weighted by Gasteiger charge is -2.30. The number of rotatable bonds is 6. The van der Waals surface area contributed by atoms with Crippen molar-refractivity contribution in [2.45, 2.75) is 39.5 Å². The molecule has 1 aliphatic heterocycles. The molecule has 28 heavy (non-hydrogen) atoms. The molecule has 0 amide bonds. The summed E-state index contributed by atoms with van der Waals surface area (Å²) in [7, 11) is 1.88. The van der Waals surface area contributed by atoms with Crippen LogP contribution in [0.2, 0.25) is 0 Å². The first kappa shape index (κ1) is 19.7. The highest BCUT2D eigenvalue weighted by molar-refractivity contribution is 5.57.